The standard InChI is InChI=1S/C17H18F2N2O4/c18-12-7-13(19)14(20)6-11(12)16(23)15(22)8-21-17(24)25-9-10-4-2-1-3-5-10/h1-7,15-16,22-23H,8-9,20H2,(H,21,24). The first-order valence-electron chi connectivity index (χ1n) is 7.43. The fourth-order valence-corrected chi connectivity index (χ4v) is 2.09. The van der Waals surface area contributed by atoms with E-state index < -0.39 is 36.5 Å². The maximum absolute atomic E-state index is 13.7. The fraction of sp³-hybridized carbons (Fsp3) is 0.235. The summed E-state index contributed by atoms with van der Waals surface area (Å²) in [6.07, 6.45) is -4.05. The molecule has 0 aliphatic rings. The number of alkyl carbamates (subject to hydrolysis) is 1. The molecule has 6 nitrogen and oxygen atoms in total. The Kier molecular flexibility index (Phi) is 6.26. The first kappa shape index (κ1) is 18.6. The monoisotopic (exact) mass is 352 g/mol. The summed E-state index contributed by atoms with van der Waals surface area (Å²) in [5, 5.41) is 22.1. The molecule has 8 heteroatoms. The van der Waals surface area contributed by atoms with Crippen molar-refractivity contribution in [1.82, 2.24) is 5.32 Å². The highest BCUT2D eigenvalue weighted by Crippen LogP contribution is 2.24. The lowest BCUT2D eigenvalue weighted by atomic mass is 10.0. The molecule has 0 aliphatic heterocycles. The van der Waals surface area contributed by atoms with Gasteiger partial charge in [-0.2, -0.15) is 0 Å². The number of anilines is 1. The fourth-order valence-electron chi connectivity index (χ4n) is 2.09. The number of amides is 1. The summed E-state index contributed by atoms with van der Waals surface area (Å²) in [5.74, 6) is -2.02. The lowest BCUT2D eigenvalue weighted by Gasteiger charge is -2.19. The minimum Gasteiger partial charge on any atom is -0.445 e. The van der Waals surface area contributed by atoms with Gasteiger partial charge in [-0.3, -0.25) is 0 Å². The van der Waals surface area contributed by atoms with Crippen LogP contribution in [0.2, 0.25) is 0 Å². The third kappa shape index (κ3) is 5.13. The van der Waals surface area contributed by atoms with E-state index in [1.807, 2.05) is 6.07 Å². The maximum Gasteiger partial charge on any atom is 0.407 e. The third-order valence-electron chi connectivity index (χ3n) is 3.47. The van der Waals surface area contributed by atoms with Gasteiger partial charge in [0.1, 0.15) is 30.4 Å². The Hall–Kier alpha value is -2.71. The number of halogens is 2. The van der Waals surface area contributed by atoms with Crippen LogP contribution in [0.25, 0.3) is 0 Å². The highest BCUT2D eigenvalue weighted by molar-refractivity contribution is 5.67. The number of carbonyl (C=O) groups is 1. The van der Waals surface area contributed by atoms with E-state index in [-0.39, 0.29) is 17.9 Å². The van der Waals surface area contributed by atoms with Crippen LogP contribution < -0.4 is 11.1 Å². The van der Waals surface area contributed by atoms with Crippen LogP contribution in [0.1, 0.15) is 17.2 Å². The van der Waals surface area contributed by atoms with Crippen molar-refractivity contribution < 1.29 is 28.5 Å². The molecule has 0 saturated carbocycles. The predicted octanol–water partition coefficient (Wildman–Crippen LogP) is 1.87. The number of aliphatic hydroxyl groups excluding tert-OH is 2. The molecule has 0 radical (unpaired) electrons. The van der Waals surface area contributed by atoms with Crippen LogP contribution in [0.15, 0.2) is 42.5 Å². The molecule has 2 aromatic carbocycles. The van der Waals surface area contributed by atoms with Crippen LogP contribution >= 0.6 is 0 Å². The second-order valence-corrected chi connectivity index (χ2v) is 5.35. The van der Waals surface area contributed by atoms with Gasteiger partial charge in [0, 0.05) is 18.2 Å². The number of hydrogen-bond donors (Lipinski definition) is 4. The van der Waals surface area contributed by atoms with Gasteiger partial charge in [-0.15, -0.1) is 0 Å². The molecule has 2 atom stereocenters. The van der Waals surface area contributed by atoms with Gasteiger partial charge in [-0.1, -0.05) is 30.3 Å². The second kappa shape index (κ2) is 8.41. The number of carbonyl (C=O) groups excluding carboxylic acids is 1. The van der Waals surface area contributed by atoms with Crippen molar-refractivity contribution >= 4 is 11.8 Å². The molecule has 2 rings (SSSR count). The highest BCUT2D eigenvalue weighted by Gasteiger charge is 2.23. The van der Waals surface area contributed by atoms with Crippen LogP contribution in [0.4, 0.5) is 19.3 Å². The van der Waals surface area contributed by atoms with Crippen LogP contribution in [0, 0.1) is 11.6 Å². The van der Waals surface area contributed by atoms with E-state index in [4.69, 9.17) is 10.5 Å². The summed E-state index contributed by atoms with van der Waals surface area (Å²) in [6, 6.07) is 10.4. The maximum atomic E-state index is 13.7. The van der Waals surface area contributed by atoms with Gasteiger partial charge in [0.05, 0.1) is 5.69 Å². The normalized spacial score (nSPS) is 13.1. The lowest BCUT2D eigenvalue weighted by Crippen LogP contribution is -2.36. The summed E-state index contributed by atoms with van der Waals surface area (Å²) in [4.78, 5) is 11.6. The molecule has 0 aliphatic carbocycles. The van der Waals surface area contributed by atoms with Crippen molar-refractivity contribution in [3.8, 4) is 0 Å². The molecule has 0 spiro atoms. The lowest BCUT2D eigenvalue weighted by molar-refractivity contribution is 0.0164. The van der Waals surface area contributed by atoms with E-state index in [1.165, 1.54) is 0 Å². The molecule has 0 fully saturated rings. The number of benzene rings is 2. The van der Waals surface area contributed by atoms with Crippen molar-refractivity contribution in [3.63, 3.8) is 0 Å². The number of nitrogens with one attached hydrogen (secondary N) is 1. The number of hydrogen-bond acceptors (Lipinski definition) is 5. The van der Waals surface area contributed by atoms with E-state index in [2.05, 4.69) is 5.32 Å². The Bertz CT molecular complexity index is 728. The first-order valence-corrected chi connectivity index (χ1v) is 7.43. The number of rotatable bonds is 6. The van der Waals surface area contributed by atoms with E-state index in [0.29, 0.717) is 6.07 Å². The van der Waals surface area contributed by atoms with Crippen molar-refractivity contribution in [2.24, 2.45) is 0 Å². The number of ether oxygens (including phenoxy) is 1. The van der Waals surface area contributed by atoms with Crippen molar-refractivity contribution in [2.45, 2.75) is 18.8 Å². The molecule has 1 amide bonds. The summed E-state index contributed by atoms with van der Waals surface area (Å²) >= 11 is 0. The van der Waals surface area contributed by atoms with Gasteiger partial charge in [-0.25, -0.2) is 13.6 Å². The largest absolute Gasteiger partial charge is 0.445 e. The SMILES string of the molecule is Nc1cc(C(O)C(O)CNC(=O)OCc2ccccc2)c(F)cc1F. The summed E-state index contributed by atoms with van der Waals surface area (Å²) < 4.78 is 31.7. The van der Waals surface area contributed by atoms with Gasteiger partial charge >= 0.3 is 6.09 Å². The Morgan fingerprint density at radius 1 is 1.16 bits per heavy atom. The van der Waals surface area contributed by atoms with Gasteiger partial charge in [-0.05, 0) is 11.6 Å². The molecule has 134 valence electrons. The van der Waals surface area contributed by atoms with Gasteiger partial charge in [0.25, 0.3) is 0 Å². The average Bonchev–Trinajstić information content (AvgIpc) is 2.61. The summed E-state index contributed by atoms with van der Waals surface area (Å²) in [5.41, 5.74) is 5.37. The van der Waals surface area contributed by atoms with Gasteiger partial charge < -0.3 is 26.0 Å². The van der Waals surface area contributed by atoms with Gasteiger partial charge in [0.2, 0.25) is 0 Å². The molecule has 0 aromatic heterocycles. The van der Waals surface area contributed by atoms with Crippen molar-refractivity contribution in [2.75, 3.05) is 12.3 Å². The second-order valence-electron chi connectivity index (χ2n) is 5.35. The Morgan fingerprint density at radius 3 is 2.52 bits per heavy atom. The van der Waals surface area contributed by atoms with Crippen LogP contribution in [-0.4, -0.2) is 29.0 Å². The number of nitrogen functional groups attached to an aromatic ring is 1. The Labute approximate surface area is 142 Å². The molecular weight excluding hydrogens is 334 g/mol. The number of aliphatic hydroxyl groups is 2. The Morgan fingerprint density at radius 2 is 1.84 bits per heavy atom. The molecule has 2 unspecified atom stereocenters. The zero-order chi connectivity index (χ0) is 18.4. The van der Waals surface area contributed by atoms with Crippen LogP contribution in [0.5, 0.6) is 0 Å². The van der Waals surface area contributed by atoms with Crippen molar-refractivity contribution in [3.05, 3.63) is 65.2 Å². The highest BCUT2D eigenvalue weighted by atomic mass is 19.1. The average molecular weight is 352 g/mol. The molecule has 25 heavy (non-hydrogen) atoms. The van der Waals surface area contributed by atoms with Crippen molar-refractivity contribution in [1.29, 1.82) is 0 Å². The van der Waals surface area contributed by atoms with Crippen LogP contribution in [0.3, 0.4) is 0 Å². The smallest absolute Gasteiger partial charge is 0.407 e. The van der Waals surface area contributed by atoms with E-state index in [9.17, 15) is 23.8 Å². The topological polar surface area (TPSA) is 105 Å². The minimum absolute atomic E-state index is 0.0362. The minimum atomic E-state index is -1.70. The Balaban J connectivity index is 1.86. The zero-order valence-corrected chi connectivity index (χ0v) is 13.2. The third-order valence-corrected chi connectivity index (χ3v) is 3.47. The molecule has 0 heterocycles. The van der Waals surface area contributed by atoms with E-state index in [0.717, 1.165) is 11.6 Å². The predicted molar refractivity (Wildman–Crippen MR) is 86.4 cm³/mol. The zero-order valence-electron chi connectivity index (χ0n) is 13.2. The molecular formula is C17H18F2N2O4. The van der Waals surface area contributed by atoms with Gasteiger partial charge in [0.15, 0.2) is 0 Å². The molecule has 5 N–H and O–H groups in total. The molecule has 0 saturated heterocycles. The van der Waals surface area contributed by atoms with E-state index in [1.54, 1.807) is 24.3 Å². The van der Waals surface area contributed by atoms with E-state index >= 15 is 0 Å². The summed E-state index contributed by atoms with van der Waals surface area (Å²) in [7, 11) is 0. The number of nitrogens with two attached hydrogens (primary N) is 1. The molecule has 2 aromatic rings. The first-order chi connectivity index (χ1) is 11.9. The van der Waals surface area contributed by atoms with Crippen LogP contribution in [-0.2, 0) is 11.3 Å². The summed E-state index contributed by atoms with van der Waals surface area (Å²) in [6.45, 7) is -0.361. The quantitative estimate of drug-likeness (QED) is 0.594. The molecule has 0 bridgehead atoms.